The normalized spacial score (nSPS) is 15.9. The van der Waals surface area contributed by atoms with Crippen LogP contribution in [-0.2, 0) is 14.8 Å². The minimum atomic E-state index is -3.79. The van der Waals surface area contributed by atoms with Crippen LogP contribution in [0.1, 0.15) is 43.9 Å². The van der Waals surface area contributed by atoms with Gasteiger partial charge in [-0.25, -0.2) is 8.42 Å². The van der Waals surface area contributed by atoms with Crippen LogP contribution in [-0.4, -0.2) is 27.5 Å². The molecule has 2 aromatic rings. The second-order valence-electron chi connectivity index (χ2n) is 8.65. The minimum Gasteiger partial charge on any atom is -0.490 e. The van der Waals surface area contributed by atoms with Crippen LogP contribution < -0.4 is 14.4 Å². The highest BCUT2D eigenvalue weighted by molar-refractivity contribution is 7.92. The van der Waals surface area contributed by atoms with Crippen LogP contribution in [0.15, 0.2) is 35.2 Å². The summed E-state index contributed by atoms with van der Waals surface area (Å²) in [5.41, 5.74) is 2.73. The van der Waals surface area contributed by atoms with Crippen LogP contribution in [0.25, 0.3) is 0 Å². The van der Waals surface area contributed by atoms with E-state index in [9.17, 15) is 13.2 Å². The monoisotopic (exact) mass is 430 g/mol. The summed E-state index contributed by atoms with van der Waals surface area (Å²) >= 11 is 0. The second-order valence-corrected chi connectivity index (χ2v) is 10.3. The Morgan fingerprint density at radius 3 is 2.33 bits per heavy atom. The summed E-state index contributed by atoms with van der Waals surface area (Å²) in [6.45, 7) is 12.0. The number of carbonyl (C=O) groups is 1. The molecule has 1 aliphatic heterocycles. The summed E-state index contributed by atoms with van der Waals surface area (Å²) in [5.74, 6) is 0.543. The lowest BCUT2D eigenvalue weighted by molar-refractivity contribution is -0.127. The number of ether oxygens (including phenoxy) is 1. The molecule has 0 aliphatic carbocycles. The number of sulfonamides is 1. The number of nitrogens with zero attached hydrogens (tertiary/aromatic N) is 1. The average molecular weight is 431 g/mol. The highest BCUT2D eigenvalue weighted by atomic mass is 32.2. The Bertz CT molecular complexity index is 1070. The van der Waals surface area contributed by atoms with E-state index in [1.165, 1.54) is 0 Å². The van der Waals surface area contributed by atoms with Crippen molar-refractivity contribution in [1.82, 2.24) is 0 Å². The summed E-state index contributed by atoms with van der Waals surface area (Å²) in [5, 5.41) is 0. The molecular formula is C23H30N2O4S. The molecule has 0 unspecified atom stereocenters. The van der Waals surface area contributed by atoms with Gasteiger partial charge in [0.25, 0.3) is 10.0 Å². The van der Waals surface area contributed by atoms with Crippen LogP contribution in [0, 0.1) is 26.2 Å². The van der Waals surface area contributed by atoms with E-state index in [2.05, 4.69) is 4.72 Å². The Morgan fingerprint density at radius 1 is 1.10 bits per heavy atom. The molecule has 0 saturated heterocycles. The van der Waals surface area contributed by atoms with Crippen molar-refractivity contribution in [2.75, 3.05) is 22.8 Å². The largest absolute Gasteiger partial charge is 0.490 e. The van der Waals surface area contributed by atoms with Gasteiger partial charge < -0.3 is 9.64 Å². The van der Waals surface area contributed by atoms with Crippen LogP contribution >= 0.6 is 0 Å². The Kier molecular flexibility index (Phi) is 5.87. The molecule has 7 heteroatoms. The molecule has 0 aromatic heterocycles. The van der Waals surface area contributed by atoms with Crippen molar-refractivity contribution in [2.24, 2.45) is 5.41 Å². The van der Waals surface area contributed by atoms with E-state index in [-0.39, 0.29) is 17.4 Å². The number of amides is 1. The number of benzene rings is 2. The smallest absolute Gasteiger partial charge is 0.262 e. The topological polar surface area (TPSA) is 75.7 Å². The van der Waals surface area contributed by atoms with Crippen molar-refractivity contribution in [3.63, 3.8) is 0 Å². The van der Waals surface area contributed by atoms with Gasteiger partial charge in [-0.3, -0.25) is 9.52 Å². The van der Waals surface area contributed by atoms with Crippen molar-refractivity contribution in [3.05, 3.63) is 47.0 Å². The molecule has 3 rings (SSSR count). The second kappa shape index (κ2) is 7.95. The molecule has 0 bridgehead atoms. The van der Waals surface area contributed by atoms with Crippen molar-refractivity contribution < 1.29 is 17.9 Å². The molecule has 1 N–H and O–H groups in total. The van der Waals surface area contributed by atoms with E-state index in [1.807, 2.05) is 39.8 Å². The number of anilines is 2. The first-order chi connectivity index (χ1) is 14.0. The predicted octanol–water partition coefficient (Wildman–Crippen LogP) is 4.57. The molecule has 6 nitrogen and oxygen atoms in total. The first-order valence-corrected chi connectivity index (χ1v) is 11.6. The summed E-state index contributed by atoms with van der Waals surface area (Å²) < 4.78 is 34.9. The molecule has 0 spiro atoms. The summed E-state index contributed by atoms with van der Waals surface area (Å²) in [6.07, 6.45) is 0.777. The Morgan fingerprint density at radius 2 is 1.73 bits per heavy atom. The number of nitrogens with one attached hydrogen (secondary N) is 1. The molecule has 0 saturated carbocycles. The maximum absolute atomic E-state index is 13.1. The van der Waals surface area contributed by atoms with Crippen LogP contribution in [0.3, 0.4) is 0 Å². The number of rotatable bonds is 5. The third-order valence-electron chi connectivity index (χ3n) is 5.24. The molecule has 30 heavy (non-hydrogen) atoms. The molecule has 0 fully saturated rings. The standard InChI is InChI=1S/C23H30N2O4S/c1-7-10-25-19-13-18(8-9-20(19)29-14-23(5,6)22(25)26)24-30(27,28)21-16(3)11-15(2)12-17(21)4/h8-9,11-13,24H,7,10,14H2,1-6H3. The molecular weight excluding hydrogens is 400 g/mol. The number of carbonyl (C=O) groups excluding carboxylic acids is 1. The number of aryl methyl sites for hydroxylation is 3. The Labute approximate surface area is 179 Å². The van der Waals surface area contributed by atoms with Gasteiger partial charge in [0.05, 0.1) is 21.7 Å². The zero-order chi connectivity index (χ0) is 22.3. The third kappa shape index (κ3) is 4.17. The summed E-state index contributed by atoms with van der Waals surface area (Å²) in [4.78, 5) is 15.0. The molecule has 0 atom stereocenters. The quantitative estimate of drug-likeness (QED) is 0.754. The van der Waals surface area contributed by atoms with Gasteiger partial charge in [0.1, 0.15) is 12.4 Å². The van der Waals surface area contributed by atoms with Crippen molar-refractivity contribution >= 4 is 27.3 Å². The number of fused-ring (bicyclic) bond motifs is 1. The molecule has 0 radical (unpaired) electrons. The van der Waals surface area contributed by atoms with E-state index >= 15 is 0 Å². The van der Waals surface area contributed by atoms with Crippen molar-refractivity contribution in [3.8, 4) is 5.75 Å². The van der Waals surface area contributed by atoms with E-state index in [0.717, 1.165) is 12.0 Å². The maximum Gasteiger partial charge on any atom is 0.262 e. The molecule has 1 heterocycles. The van der Waals surface area contributed by atoms with Crippen molar-refractivity contribution in [1.29, 1.82) is 0 Å². The van der Waals surface area contributed by atoms with Crippen LogP contribution in [0.2, 0.25) is 0 Å². The number of hydrogen-bond donors (Lipinski definition) is 1. The fourth-order valence-electron chi connectivity index (χ4n) is 3.95. The fourth-order valence-corrected chi connectivity index (χ4v) is 5.46. The van der Waals surface area contributed by atoms with Gasteiger partial charge in [-0.2, -0.15) is 0 Å². The molecule has 1 aliphatic rings. The molecule has 2 aromatic carbocycles. The van der Waals surface area contributed by atoms with E-state index in [1.54, 1.807) is 36.9 Å². The van der Waals surface area contributed by atoms with Crippen molar-refractivity contribution in [2.45, 2.75) is 52.9 Å². The highest BCUT2D eigenvalue weighted by Gasteiger charge is 2.37. The average Bonchev–Trinajstić information content (AvgIpc) is 2.71. The Hall–Kier alpha value is -2.54. The number of hydrogen-bond acceptors (Lipinski definition) is 4. The van der Waals surface area contributed by atoms with Gasteiger partial charge in [0, 0.05) is 6.54 Å². The Balaban J connectivity index is 2.03. The van der Waals surface area contributed by atoms with Gasteiger partial charge >= 0.3 is 0 Å². The maximum atomic E-state index is 13.1. The van der Waals surface area contributed by atoms with Gasteiger partial charge in [0.15, 0.2) is 0 Å². The molecule has 162 valence electrons. The SMILES string of the molecule is CCCN1C(=O)C(C)(C)COc2ccc(NS(=O)(=O)c3c(C)cc(C)cc3C)cc21. The fraction of sp³-hybridized carbons (Fsp3) is 0.435. The lowest BCUT2D eigenvalue weighted by Gasteiger charge is -2.28. The van der Waals surface area contributed by atoms with E-state index < -0.39 is 15.4 Å². The molecule has 1 amide bonds. The first-order valence-electron chi connectivity index (χ1n) is 10.2. The zero-order valence-electron chi connectivity index (χ0n) is 18.5. The lowest BCUT2D eigenvalue weighted by Crippen LogP contribution is -2.42. The summed E-state index contributed by atoms with van der Waals surface area (Å²) in [6, 6.07) is 8.79. The van der Waals surface area contributed by atoms with E-state index in [0.29, 0.717) is 34.8 Å². The zero-order valence-corrected chi connectivity index (χ0v) is 19.3. The predicted molar refractivity (Wildman–Crippen MR) is 120 cm³/mol. The first kappa shape index (κ1) is 22.2. The lowest BCUT2D eigenvalue weighted by atomic mass is 9.93. The van der Waals surface area contributed by atoms with Gasteiger partial charge in [0.2, 0.25) is 5.91 Å². The van der Waals surface area contributed by atoms with Crippen LogP contribution in [0.5, 0.6) is 5.75 Å². The summed E-state index contributed by atoms with van der Waals surface area (Å²) in [7, 11) is -3.79. The van der Waals surface area contributed by atoms with Gasteiger partial charge in [-0.05, 0) is 70.4 Å². The third-order valence-corrected chi connectivity index (χ3v) is 6.92. The van der Waals surface area contributed by atoms with Crippen LogP contribution in [0.4, 0.5) is 11.4 Å². The highest BCUT2D eigenvalue weighted by Crippen LogP contribution is 2.39. The van der Waals surface area contributed by atoms with Gasteiger partial charge in [-0.1, -0.05) is 24.6 Å². The van der Waals surface area contributed by atoms with E-state index in [4.69, 9.17) is 4.74 Å². The van der Waals surface area contributed by atoms with Gasteiger partial charge in [-0.15, -0.1) is 0 Å². The minimum absolute atomic E-state index is 0.0340.